The highest BCUT2D eigenvalue weighted by atomic mass is 16.2. The standard InChI is InChI=1S/C26H29N5O2/c32-24(9-8-19-5-2-1-3-6-19)31-14-10-21(17-31)25-28-23-11-13-30(18-22(23)26(33)29-25)16-20-7-4-12-27-15-20/h1-7,12,15,21H,8-11,13-14,16-18H2,(H,28,29,33)/t21-/m1/s1. The number of amides is 1. The van der Waals surface area contributed by atoms with Gasteiger partial charge in [0.05, 0.1) is 11.3 Å². The van der Waals surface area contributed by atoms with Crippen LogP contribution in [0.2, 0.25) is 0 Å². The average molecular weight is 444 g/mol. The van der Waals surface area contributed by atoms with Crippen molar-refractivity contribution in [2.75, 3.05) is 19.6 Å². The van der Waals surface area contributed by atoms with Crippen molar-refractivity contribution >= 4 is 5.91 Å². The van der Waals surface area contributed by atoms with Crippen molar-refractivity contribution in [1.82, 2.24) is 24.8 Å². The topological polar surface area (TPSA) is 82.2 Å². The fraction of sp³-hybridized carbons (Fsp3) is 0.385. The Bertz CT molecular complexity index is 1160. The van der Waals surface area contributed by atoms with E-state index in [1.807, 2.05) is 35.4 Å². The summed E-state index contributed by atoms with van der Waals surface area (Å²) in [6.07, 6.45) is 6.51. The van der Waals surface area contributed by atoms with Crippen LogP contribution in [-0.4, -0.2) is 50.3 Å². The van der Waals surface area contributed by atoms with Crippen LogP contribution < -0.4 is 5.56 Å². The number of carbonyl (C=O) groups excluding carboxylic acids is 1. The second-order valence-corrected chi connectivity index (χ2v) is 9.01. The lowest BCUT2D eigenvalue weighted by Gasteiger charge is -2.28. The molecule has 170 valence electrons. The molecule has 0 unspecified atom stereocenters. The van der Waals surface area contributed by atoms with Crippen molar-refractivity contribution in [3.63, 3.8) is 0 Å². The van der Waals surface area contributed by atoms with Crippen LogP contribution in [-0.2, 0) is 30.7 Å². The molecule has 0 radical (unpaired) electrons. The number of nitrogens with one attached hydrogen (secondary N) is 1. The summed E-state index contributed by atoms with van der Waals surface area (Å²) in [5.41, 5.74) is 3.96. The number of H-pyrrole nitrogens is 1. The second-order valence-electron chi connectivity index (χ2n) is 9.01. The Hall–Kier alpha value is -3.32. The van der Waals surface area contributed by atoms with Gasteiger partial charge in [-0.3, -0.25) is 19.5 Å². The fourth-order valence-corrected chi connectivity index (χ4v) is 4.84. The molecule has 2 aliphatic rings. The predicted octanol–water partition coefficient (Wildman–Crippen LogP) is 2.67. The molecule has 2 aromatic heterocycles. The lowest BCUT2D eigenvalue weighted by atomic mass is 10.0. The summed E-state index contributed by atoms with van der Waals surface area (Å²) >= 11 is 0. The molecule has 1 fully saturated rings. The van der Waals surface area contributed by atoms with Gasteiger partial charge in [0.2, 0.25) is 5.91 Å². The number of aromatic nitrogens is 3. The third-order valence-corrected chi connectivity index (χ3v) is 6.69. The summed E-state index contributed by atoms with van der Waals surface area (Å²) in [6, 6.07) is 14.1. The number of aromatic amines is 1. The van der Waals surface area contributed by atoms with Gasteiger partial charge in [0.15, 0.2) is 0 Å². The summed E-state index contributed by atoms with van der Waals surface area (Å²) in [5, 5.41) is 0. The van der Waals surface area contributed by atoms with Crippen LogP contribution in [0.15, 0.2) is 59.7 Å². The van der Waals surface area contributed by atoms with E-state index in [1.165, 1.54) is 5.56 Å². The van der Waals surface area contributed by atoms with Crippen molar-refractivity contribution in [2.45, 2.75) is 44.7 Å². The van der Waals surface area contributed by atoms with E-state index in [0.29, 0.717) is 19.5 Å². The minimum atomic E-state index is -0.0419. The van der Waals surface area contributed by atoms with Gasteiger partial charge >= 0.3 is 0 Å². The maximum Gasteiger partial charge on any atom is 0.255 e. The molecule has 0 aliphatic carbocycles. The van der Waals surface area contributed by atoms with Crippen LogP contribution in [0.25, 0.3) is 0 Å². The monoisotopic (exact) mass is 443 g/mol. The molecule has 4 heterocycles. The molecule has 33 heavy (non-hydrogen) atoms. The quantitative estimate of drug-likeness (QED) is 0.633. The minimum Gasteiger partial charge on any atom is -0.342 e. The number of aryl methyl sites for hydroxylation is 1. The number of hydrogen-bond acceptors (Lipinski definition) is 5. The van der Waals surface area contributed by atoms with E-state index in [0.717, 1.165) is 61.5 Å². The van der Waals surface area contributed by atoms with Gasteiger partial charge in [0.25, 0.3) is 5.56 Å². The zero-order valence-electron chi connectivity index (χ0n) is 18.7. The van der Waals surface area contributed by atoms with Gasteiger partial charge < -0.3 is 9.88 Å². The summed E-state index contributed by atoms with van der Waals surface area (Å²) < 4.78 is 0. The largest absolute Gasteiger partial charge is 0.342 e. The number of nitrogens with zero attached hydrogens (tertiary/aromatic N) is 4. The van der Waals surface area contributed by atoms with E-state index in [4.69, 9.17) is 4.98 Å². The van der Waals surface area contributed by atoms with Crippen LogP contribution in [0.5, 0.6) is 0 Å². The van der Waals surface area contributed by atoms with Gasteiger partial charge in [0, 0.05) is 63.9 Å². The maximum absolute atomic E-state index is 12.9. The normalized spacial score (nSPS) is 18.3. The van der Waals surface area contributed by atoms with E-state index in [-0.39, 0.29) is 17.4 Å². The Kier molecular flexibility index (Phi) is 6.30. The zero-order chi connectivity index (χ0) is 22.6. The number of carbonyl (C=O) groups is 1. The zero-order valence-corrected chi connectivity index (χ0v) is 18.7. The van der Waals surface area contributed by atoms with Crippen molar-refractivity contribution in [3.8, 4) is 0 Å². The summed E-state index contributed by atoms with van der Waals surface area (Å²) in [7, 11) is 0. The molecule has 0 bridgehead atoms. The first kappa shape index (κ1) is 21.5. The van der Waals surface area contributed by atoms with Crippen molar-refractivity contribution in [1.29, 1.82) is 0 Å². The van der Waals surface area contributed by atoms with E-state index in [2.05, 4.69) is 33.1 Å². The Labute approximate surface area is 193 Å². The van der Waals surface area contributed by atoms with Crippen LogP contribution >= 0.6 is 0 Å². The number of pyridine rings is 1. The van der Waals surface area contributed by atoms with Crippen LogP contribution in [0, 0.1) is 0 Å². The van der Waals surface area contributed by atoms with Crippen molar-refractivity contribution < 1.29 is 4.79 Å². The second kappa shape index (κ2) is 9.67. The minimum absolute atomic E-state index is 0.0419. The highest BCUT2D eigenvalue weighted by Crippen LogP contribution is 2.26. The number of hydrogen-bond donors (Lipinski definition) is 1. The first-order valence-electron chi connectivity index (χ1n) is 11.7. The molecule has 7 heteroatoms. The number of likely N-dealkylation sites (tertiary alicyclic amines) is 1. The van der Waals surface area contributed by atoms with Gasteiger partial charge in [-0.1, -0.05) is 36.4 Å². The molecule has 0 saturated carbocycles. The van der Waals surface area contributed by atoms with E-state index >= 15 is 0 Å². The van der Waals surface area contributed by atoms with Gasteiger partial charge in [-0.05, 0) is 30.0 Å². The van der Waals surface area contributed by atoms with Crippen molar-refractivity contribution in [2.24, 2.45) is 0 Å². The van der Waals surface area contributed by atoms with E-state index in [9.17, 15) is 9.59 Å². The fourth-order valence-electron chi connectivity index (χ4n) is 4.84. The molecule has 7 nitrogen and oxygen atoms in total. The Morgan fingerprint density at radius 3 is 2.76 bits per heavy atom. The lowest BCUT2D eigenvalue weighted by molar-refractivity contribution is -0.130. The molecule has 1 N–H and O–H groups in total. The highest BCUT2D eigenvalue weighted by molar-refractivity contribution is 5.76. The first-order valence-corrected chi connectivity index (χ1v) is 11.7. The van der Waals surface area contributed by atoms with E-state index < -0.39 is 0 Å². The molecule has 1 saturated heterocycles. The number of benzene rings is 1. The van der Waals surface area contributed by atoms with Crippen molar-refractivity contribution in [3.05, 3.63) is 93.4 Å². The Morgan fingerprint density at radius 1 is 1.09 bits per heavy atom. The summed E-state index contributed by atoms with van der Waals surface area (Å²) in [6.45, 7) is 3.59. The molecule has 1 amide bonds. The maximum atomic E-state index is 12.9. The average Bonchev–Trinajstić information content (AvgIpc) is 3.35. The van der Waals surface area contributed by atoms with Gasteiger partial charge in [-0.25, -0.2) is 4.98 Å². The number of rotatable bonds is 6. The lowest BCUT2D eigenvalue weighted by Crippen LogP contribution is -2.36. The third kappa shape index (κ3) is 5.03. The van der Waals surface area contributed by atoms with Crippen LogP contribution in [0.4, 0.5) is 0 Å². The van der Waals surface area contributed by atoms with E-state index in [1.54, 1.807) is 6.20 Å². The molecular weight excluding hydrogens is 414 g/mol. The molecular formula is C26H29N5O2. The molecule has 1 atom stereocenters. The summed E-state index contributed by atoms with van der Waals surface area (Å²) in [5.74, 6) is 1.00. The SMILES string of the molecule is O=C(CCc1ccccc1)N1CC[C@@H](c2nc3c(c(=O)[nH]2)CN(Cc2cccnc2)CC3)C1. The highest BCUT2D eigenvalue weighted by Gasteiger charge is 2.30. The third-order valence-electron chi connectivity index (χ3n) is 6.69. The Morgan fingerprint density at radius 2 is 1.94 bits per heavy atom. The molecule has 3 aromatic rings. The Balaban J connectivity index is 1.21. The molecule has 5 rings (SSSR count). The van der Waals surface area contributed by atoms with Crippen LogP contribution in [0.1, 0.15) is 47.0 Å². The van der Waals surface area contributed by atoms with Crippen LogP contribution in [0.3, 0.4) is 0 Å². The van der Waals surface area contributed by atoms with Gasteiger partial charge in [0.1, 0.15) is 5.82 Å². The molecule has 1 aromatic carbocycles. The smallest absolute Gasteiger partial charge is 0.255 e. The van der Waals surface area contributed by atoms with Gasteiger partial charge in [-0.2, -0.15) is 0 Å². The predicted molar refractivity (Wildman–Crippen MR) is 126 cm³/mol. The molecule has 2 aliphatic heterocycles. The summed E-state index contributed by atoms with van der Waals surface area (Å²) in [4.78, 5) is 41.9. The van der Waals surface area contributed by atoms with Gasteiger partial charge in [-0.15, -0.1) is 0 Å². The number of fused-ring (bicyclic) bond motifs is 1. The molecule has 0 spiro atoms. The first-order chi connectivity index (χ1) is 16.2.